The van der Waals surface area contributed by atoms with Crippen LogP contribution in [-0.4, -0.2) is 60.1 Å². The van der Waals surface area contributed by atoms with E-state index in [0.29, 0.717) is 0 Å². The van der Waals surface area contributed by atoms with E-state index in [2.05, 4.69) is 39.2 Å². The summed E-state index contributed by atoms with van der Waals surface area (Å²) < 4.78 is 0. The lowest BCUT2D eigenvalue weighted by molar-refractivity contribution is 0.170. The van der Waals surface area contributed by atoms with E-state index in [0.717, 1.165) is 25.7 Å². The maximum atomic E-state index is 4.51. The van der Waals surface area contributed by atoms with Crippen LogP contribution >= 0.6 is 12.4 Å². The number of likely N-dealkylation sites (tertiary alicyclic amines) is 1. The number of aryl methyl sites for hydroxylation is 1. The number of aromatic nitrogens is 1. The Morgan fingerprint density at radius 1 is 1.25 bits per heavy atom. The molecule has 3 heterocycles. The van der Waals surface area contributed by atoms with Crippen molar-refractivity contribution in [3.8, 4) is 0 Å². The van der Waals surface area contributed by atoms with Crippen LogP contribution in [0.15, 0.2) is 18.3 Å². The Morgan fingerprint density at radius 2 is 2.05 bits per heavy atom. The van der Waals surface area contributed by atoms with Crippen molar-refractivity contribution in [2.45, 2.75) is 25.9 Å². The first kappa shape index (κ1) is 15.7. The molecule has 20 heavy (non-hydrogen) atoms. The molecule has 0 radical (unpaired) electrons. The first-order valence-electron chi connectivity index (χ1n) is 7.40. The minimum absolute atomic E-state index is 0. The topological polar surface area (TPSA) is 31.4 Å². The van der Waals surface area contributed by atoms with Crippen molar-refractivity contribution < 1.29 is 0 Å². The van der Waals surface area contributed by atoms with Crippen LogP contribution in [0.25, 0.3) is 0 Å². The van der Waals surface area contributed by atoms with Crippen LogP contribution in [0.1, 0.15) is 17.7 Å². The van der Waals surface area contributed by atoms with E-state index in [1.165, 1.54) is 43.9 Å². The molecule has 3 rings (SSSR count). The average molecular weight is 297 g/mol. The van der Waals surface area contributed by atoms with E-state index in [-0.39, 0.29) is 12.4 Å². The number of hydrogen-bond acceptors (Lipinski definition) is 4. The first-order chi connectivity index (χ1) is 9.31. The zero-order valence-corrected chi connectivity index (χ0v) is 13.0. The number of rotatable bonds is 3. The van der Waals surface area contributed by atoms with E-state index in [1.54, 1.807) is 0 Å². The fraction of sp³-hybridized carbons (Fsp3) is 0.667. The van der Waals surface area contributed by atoms with Gasteiger partial charge in [0.2, 0.25) is 0 Å². The minimum atomic E-state index is 0. The summed E-state index contributed by atoms with van der Waals surface area (Å²) in [5.74, 6) is 0. The van der Waals surface area contributed by atoms with Crippen LogP contribution in [0, 0.1) is 6.92 Å². The van der Waals surface area contributed by atoms with Gasteiger partial charge >= 0.3 is 0 Å². The number of pyridine rings is 1. The van der Waals surface area contributed by atoms with Crippen LogP contribution in [0.3, 0.4) is 0 Å². The molecule has 1 unspecified atom stereocenters. The van der Waals surface area contributed by atoms with Crippen molar-refractivity contribution in [3.05, 3.63) is 29.6 Å². The molecular formula is C15H25ClN4. The zero-order valence-electron chi connectivity index (χ0n) is 12.2. The number of halogens is 1. The molecule has 1 N–H and O–H groups in total. The molecule has 0 spiro atoms. The molecule has 0 aromatic carbocycles. The average Bonchev–Trinajstić information content (AvgIpc) is 2.91. The summed E-state index contributed by atoms with van der Waals surface area (Å²) in [5, 5.41) is 3.43. The second-order valence-corrected chi connectivity index (χ2v) is 5.79. The van der Waals surface area contributed by atoms with Gasteiger partial charge in [0.05, 0.1) is 5.69 Å². The third-order valence-corrected chi connectivity index (χ3v) is 4.27. The number of nitrogens with zero attached hydrogens (tertiary/aromatic N) is 3. The predicted octanol–water partition coefficient (Wildman–Crippen LogP) is 1.29. The van der Waals surface area contributed by atoms with Crippen molar-refractivity contribution in [1.82, 2.24) is 20.1 Å². The Hall–Kier alpha value is -0.680. The summed E-state index contributed by atoms with van der Waals surface area (Å²) in [6, 6.07) is 5.08. The maximum absolute atomic E-state index is 4.51. The Kier molecular flexibility index (Phi) is 5.78. The molecule has 1 aromatic heterocycles. The highest BCUT2D eigenvalue weighted by atomic mass is 35.5. The van der Waals surface area contributed by atoms with E-state index >= 15 is 0 Å². The van der Waals surface area contributed by atoms with Gasteiger partial charge in [-0.1, -0.05) is 6.07 Å². The lowest BCUT2D eigenvalue weighted by Crippen LogP contribution is -2.49. The highest BCUT2D eigenvalue weighted by Crippen LogP contribution is 2.18. The second-order valence-electron chi connectivity index (χ2n) is 5.79. The van der Waals surface area contributed by atoms with E-state index < -0.39 is 0 Å². The summed E-state index contributed by atoms with van der Waals surface area (Å²) in [6.45, 7) is 10.2. The minimum Gasteiger partial charge on any atom is -0.314 e. The van der Waals surface area contributed by atoms with Crippen molar-refractivity contribution >= 4 is 12.4 Å². The Balaban J connectivity index is 0.00000147. The molecule has 0 amide bonds. The summed E-state index contributed by atoms with van der Waals surface area (Å²) in [4.78, 5) is 9.71. The molecule has 2 saturated heterocycles. The van der Waals surface area contributed by atoms with Crippen molar-refractivity contribution in [1.29, 1.82) is 0 Å². The molecule has 4 nitrogen and oxygen atoms in total. The first-order valence-corrected chi connectivity index (χ1v) is 7.40. The van der Waals surface area contributed by atoms with E-state index in [1.807, 2.05) is 6.20 Å². The number of piperazine rings is 1. The molecule has 2 fully saturated rings. The predicted molar refractivity (Wildman–Crippen MR) is 84.3 cm³/mol. The molecule has 112 valence electrons. The summed E-state index contributed by atoms with van der Waals surface area (Å²) in [5.41, 5.74) is 2.44. The monoisotopic (exact) mass is 296 g/mol. The molecular weight excluding hydrogens is 272 g/mol. The van der Waals surface area contributed by atoms with Gasteiger partial charge in [-0.05, 0) is 25.0 Å². The Bertz CT molecular complexity index is 403. The quantitative estimate of drug-likeness (QED) is 0.911. The smallest absolute Gasteiger partial charge is 0.0544 e. The Labute approximate surface area is 128 Å². The highest BCUT2D eigenvalue weighted by Gasteiger charge is 2.28. The normalized spacial score (nSPS) is 24.6. The van der Waals surface area contributed by atoms with Gasteiger partial charge in [-0.3, -0.25) is 14.8 Å². The summed E-state index contributed by atoms with van der Waals surface area (Å²) in [7, 11) is 0. The van der Waals surface area contributed by atoms with E-state index in [9.17, 15) is 0 Å². The number of nitrogens with one attached hydrogen (secondary N) is 1. The largest absolute Gasteiger partial charge is 0.314 e. The third kappa shape index (κ3) is 3.92. The summed E-state index contributed by atoms with van der Waals surface area (Å²) in [6.07, 6.45) is 3.28. The van der Waals surface area contributed by atoms with Gasteiger partial charge in [-0.25, -0.2) is 0 Å². The molecule has 5 heteroatoms. The van der Waals surface area contributed by atoms with Crippen LogP contribution in [0.5, 0.6) is 0 Å². The lowest BCUT2D eigenvalue weighted by atomic mass is 10.2. The van der Waals surface area contributed by atoms with Gasteiger partial charge in [0, 0.05) is 58.1 Å². The van der Waals surface area contributed by atoms with Crippen LogP contribution in [0.4, 0.5) is 0 Å². The number of hydrogen-bond donors (Lipinski definition) is 1. The van der Waals surface area contributed by atoms with Crippen LogP contribution in [-0.2, 0) is 6.54 Å². The van der Waals surface area contributed by atoms with Gasteiger partial charge in [-0.15, -0.1) is 12.4 Å². The fourth-order valence-corrected chi connectivity index (χ4v) is 3.12. The maximum Gasteiger partial charge on any atom is 0.0544 e. The van der Waals surface area contributed by atoms with Gasteiger partial charge in [-0.2, -0.15) is 0 Å². The SMILES string of the molecule is Cc1ccc(CN2CCC(N3CCNCC3)C2)nc1.Cl. The van der Waals surface area contributed by atoms with Gasteiger partial charge in [0.15, 0.2) is 0 Å². The third-order valence-electron chi connectivity index (χ3n) is 4.27. The molecule has 1 aromatic rings. The van der Waals surface area contributed by atoms with Crippen molar-refractivity contribution in [3.63, 3.8) is 0 Å². The van der Waals surface area contributed by atoms with Crippen molar-refractivity contribution in [2.24, 2.45) is 0 Å². The lowest BCUT2D eigenvalue weighted by Gasteiger charge is -2.32. The molecule has 2 aliphatic heterocycles. The van der Waals surface area contributed by atoms with Gasteiger partial charge in [0.1, 0.15) is 0 Å². The Morgan fingerprint density at radius 3 is 2.75 bits per heavy atom. The van der Waals surface area contributed by atoms with Crippen molar-refractivity contribution in [2.75, 3.05) is 39.3 Å². The highest BCUT2D eigenvalue weighted by molar-refractivity contribution is 5.85. The fourth-order valence-electron chi connectivity index (χ4n) is 3.12. The standard InChI is InChI=1S/C15H24N4.ClH/c1-13-2-3-14(17-10-13)11-18-7-4-15(12-18)19-8-5-16-6-9-19;/h2-3,10,15-16H,4-9,11-12H2,1H3;1H. The van der Waals surface area contributed by atoms with Crippen LogP contribution < -0.4 is 5.32 Å². The molecule has 0 aliphatic carbocycles. The molecule has 2 aliphatic rings. The van der Waals surface area contributed by atoms with Gasteiger partial charge < -0.3 is 5.32 Å². The summed E-state index contributed by atoms with van der Waals surface area (Å²) >= 11 is 0. The molecule has 0 saturated carbocycles. The zero-order chi connectivity index (χ0) is 13.1. The molecule has 0 bridgehead atoms. The van der Waals surface area contributed by atoms with E-state index in [4.69, 9.17) is 0 Å². The second kappa shape index (κ2) is 7.36. The van der Waals surface area contributed by atoms with Gasteiger partial charge in [0.25, 0.3) is 0 Å². The van der Waals surface area contributed by atoms with Crippen LogP contribution in [0.2, 0.25) is 0 Å². The molecule has 1 atom stereocenters.